The van der Waals surface area contributed by atoms with Crippen LogP contribution in [0.5, 0.6) is 0 Å². The molecule has 0 heterocycles. The van der Waals surface area contributed by atoms with E-state index in [1.807, 2.05) is 13.8 Å². The monoisotopic (exact) mass is 239 g/mol. The first-order valence-electron chi connectivity index (χ1n) is 4.66. The minimum atomic E-state index is -4.21. The zero-order valence-corrected chi connectivity index (χ0v) is 9.72. The van der Waals surface area contributed by atoms with Crippen molar-refractivity contribution in [1.29, 1.82) is 0 Å². The van der Waals surface area contributed by atoms with Gasteiger partial charge in [0.15, 0.2) is 0 Å². The fraction of sp³-hybridized carbons (Fsp3) is 0.875. The zero-order valence-electron chi connectivity index (χ0n) is 8.83. The van der Waals surface area contributed by atoms with Crippen molar-refractivity contribution < 1.29 is 24.3 Å². The van der Waals surface area contributed by atoms with E-state index < -0.39 is 31.7 Å². The van der Waals surface area contributed by atoms with Gasteiger partial charge in [-0.15, -0.1) is 0 Å². The van der Waals surface area contributed by atoms with Gasteiger partial charge in [-0.25, -0.2) is 0 Å². The molecule has 0 fully saturated rings. The maximum atomic E-state index is 10.8. The molecule has 0 aromatic carbocycles. The molecule has 0 spiro atoms. The van der Waals surface area contributed by atoms with Crippen LogP contribution in [0.2, 0.25) is 0 Å². The normalized spacial score (nSPS) is 16.4. The predicted molar refractivity (Wildman–Crippen MR) is 55.5 cm³/mol. The van der Waals surface area contributed by atoms with Crippen LogP contribution in [0.4, 0.5) is 0 Å². The second-order valence-corrected chi connectivity index (χ2v) is 5.80. The number of nitrogens with two attached hydrogens (primary N) is 1. The van der Waals surface area contributed by atoms with Gasteiger partial charge in [0.25, 0.3) is 0 Å². The molecule has 0 aromatic rings. The van der Waals surface area contributed by atoms with E-state index in [-0.39, 0.29) is 5.92 Å². The predicted octanol–water partition coefficient (Wildman–Crippen LogP) is 0.238. The fourth-order valence-electron chi connectivity index (χ4n) is 1.45. The molecule has 5 N–H and O–H groups in total. The average Bonchev–Trinajstić information content (AvgIpc) is 1.97. The average molecular weight is 239 g/mol. The molecule has 0 aromatic heterocycles. The lowest BCUT2D eigenvalue weighted by molar-refractivity contribution is -0.139. The Morgan fingerprint density at radius 3 is 2.13 bits per heavy atom. The van der Waals surface area contributed by atoms with E-state index in [1.165, 1.54) is 0 Å². The standard InChI is InChI=1S/C8H18NO5P/c1-5(2)3-6(4-15(12,13)14)7(9)8(10)11/h5-7H,3-4,9H2,1-2H3,(H,10,11)(H2,12,13,14)/t6-,7+/m0/s1. The second-order valence-electron chi connectivity index (χ2n) is 4.10. The van der Waals surface area contributed by atoms with Crippen molar-refractivity contribution in [3.63, 3.8) is 0 Å². The Hall–Kier alpha value is -0.420. The lowest BCUT2D eigenvalue weighted by Gasteiger charge is -2.22. The first-order valence-corrected chi connectivity index (χ1v) is 6.46. The van der Waals surface area contributed by atoms with Crippen LogP contribution in [-0.4, -0.2) is 33.1 Å². The molecule has 6 nitrogen and oxygen atoms in total. The molecule has 7 heteroatoms. The molecule has 15 heavy (non-hydrogen) atoms. The molecule has 0 unspecified atom stereocenters. The lowest BCUT2D eigenvalue weighted by atomic mass is 9.92. The van der Waals surface area contributed by atoms with E-state index in [9.17, 15) is 9.36 Å². The van der Waals surface area contributed by atoms with Crippen molar-refractivity contribution in [3.05, 3.63) is 0 Å². The maximum absolute atomic E-state index is 10.8. The third kappa shape index (κ3) is 6.62. The number of aliphatic carboxylic acids is 1. The van der Waals surface area contributed by atoms with Crippen molar-refractivity contribution in [1.82, 2.24) is 0 Å². The van der Waals surface area contributed by atoms with Crippen molar-refractivity contribution in [2.75, 3.05) is 6.16 Å². The zero-order chi connectivity index (χ0) is 12.2. The van der Waals surface area contributed by atoms with Gasteiger partial charge in [0, 0.05) is 0 Å². The smallest absolute Gasteiger partial charge is 0.325 e. The Morgan fingerprint density at radius 1 is 1.40 bits per heavy atom. The number of carboxylic acid groups (broad SMARTS) is 1. The quantitative estimate of drug-likeness (QED) is 0.492. The minimum Gasteiger partial charge on any atom is -0.480 e. The summed E-state index contributed by atoms with van der Waals surface area (Å²) in [5, 5.41) is 8.68. The number of carboxylic acids is 1. The SMILES string of the molecule is CC(C)C[C@@H](CP(=O)(O)O)[C@@H](N)C(=O)O. The van der Waals surface area contributed by atoms with Crippen LogP contribution in [0.3, 0.4) is 0 Å². The van der Waals surface area contributed by atoms with Crippen molar-refractivity contribution in [2.24, 2.45) is 17.6 Å². The van der Waals surface area contributed by atoms with Crippen LogP contribution in [-0.2, 0) is 9.36 Å². The van der Waals surface area contributed by atoms with Crippen LogP contribution in [0.1, 0.15) is 20.3 Å². The Kier molecular flexibility index (Phi) is 5.45. The van der Waals surface area contributed by atoms with E-state index in [1.54, 1.807) is 0 Å². The van der Waals surface area contributed by atoms with Crippen molar-refractivity contribution in [3.8, 4) is 0 Å². The highest BCUT2D eigenvalue weighted by atomic mass is 31.2. The molecule has 0 amide bonds. The molecule has 0 radical (unpaired) electrons. The van der Waals surface area contributed by atoms with Crippen LogP contribution in [0.25, 0.3) is 0 Å². The van der Waals surface area contributed by atoms with Crippen LogP contribution < -0.4 is 5.73 Å². The third-order valence-corrected chi connectivity index (χ3v) is 2.98. The summed E-state index contributed by atoms with van der Waals surface area (Å²) in [5.41, 5.74) is 5.37. The summed E-state index contributed by atoms with van der Waals surface area (Å²) >= 11 is 0. The number of hydrogen-bond acceptors (Lipinski definition) is 3. The van der Waals surface area contributed by atoms with Crippen molar-refractivity contribution in [2.45, 2.75) is 26.3 Å². The van der Waals surface area contributed by atoms with Gasteiger partial charge in [0.2, 0.25) is 0 Å². The van der Waals surface area contributed by atoms with Gasteiger partial charge in [-0.05, 0) is 18.3 Å². The molecule has 2 atom stereocenters. The van der Waals surface area contributed by atoms with Gasteiger partial charge in [0.05, 0.1) is 6.16 Å². The van der Waals surface area contributed by atoms with Crippen LogP contribution >= 0.6 is 7.60 Å². The Bertz CT molecular complexity index is 262. The van der Waals surface area contributed by atoms with Gasteiger partial charge in [-0.1, -0.05) is 13.8 Å². The molecule has 0 rings (SSSR count). The minimum absolute atomic E-state index is 0.145. The van der Waals surface area contributed by atoms with Gasteiger partial charge in [0.1, 0.15) is 6.04 Å². The van der Waals surface area contributed by atoms with Gasteiger partial charge < -0.3 is 20.6 Å². The lowest BCUT2D eigenvalue weighted by Crippen LogP contribution is -2.40. The molecular weight excluding hydrogens is 221 g/mol. The van der Waals surface area contributed by atoms with Crippen LogP contribution in [0, 0.1) is 11.8 Å². The van der Waals surface area contributed by atoms with E-state index in [0.29, 0.717) is 6.42 Å². The summed E-state index contributed by atoms with van der Waals surface area (Å²) in [6.45, 7) is 3.70. The molecular formula is C8H18NO5P. The third-order valence-electron chi connectivity index (χ3n) is 2.04. The summed E-state index contributed by atoms with van der Waals surface area (Å²) in [6, 6.07) is -1.22. The van der Waals surface area contributed by atoms with Crippen molar-refractivity contribution >= 4 is 13.6 Å². The maximum Gasteiger partial charge on any atom is 0.325 e. The molecule has 0 aliphatic carbocycles. The Labute approximate surface area is 88.6 Å². The molecule has 0 bridgehead atoms. The summed E-state index contributed by atoms with van der Waals surface area (Å²) in [4.78, 5) is 28.2. The fourth-order valence-corrected chi connectivity index (χ4v) is 2.43. The topological polar surface area (TPSA) is 121 Å². The molecule has 90 valence electrons. The number of carbonyl (C=O) groups is 1. The Balaban J connectivity index is 4.58. The summed E-state index contributed by atoms with van der Waals surface area (Å²) in [7, 11) is -4.21. The number of hydrogen-bond donors (Lipinski definition) is 4. The highest BCUT2D eigenvalue weighted by Gasteiger charge is 2.30. The van der Waals surface area contributed by atoms with E-state index >= 15 is 0 Å². The highest BCUT2D eigenvalue weighted by Crippen LogP contribution is 2.39. The largest absolute Gasteiger partial charge is 0.480 e. The molecule has 0 aliphatic heterocycles. The molecule has 0 saturated heterocycles. The van der Waals surface area contributed by atoms with Gasteiger partial charge in [-0.3, -0.25) is 9.36 Å². The van der Waals surface area contributed by atoms with E-state index in [4.69, 9.17) is 20.6 Å². The first kappa shape index (κ1) is 14.6. The summed E-state index contributed by atoms with van der Waals surface area (Å²) < 4.78 is 10.8. The van der Waals surface area contributed by atoms with Gasteiger partial charge >= 0.3 is 13.6 Å². The Morgan fingerprint density at radius 2 is 1.87 bits per heavy atom. The van der Waals surface area contributed by atoms with E-state index in [0.717, 1.165) is 0 Å². The number of rotatable bonds is 6. The van der Waals surface area contributed by atoms with Crippen LogP contribution in [0.15, 0.2) is 0 Å². The van der Waals surface area contributed by atoms with Gasteiger partial charge in [-0.2, -0.15) is 0 Å². The summed E-state index contributed by atoms with van der Waals surface area (Å²) in [6.07, 6.45) is -0.0861. The second kappa shape index (κ2) is 5.61. The molecule has 0 saturated carbocycles. The first-order chi connectivity index (χ1) is 6.63. The highest BCUT2D eigenvalue weighted by molar-refractivity contribution is 7.51. The summed E-state index contributed by atoms with van der Waals surface area (Å²) in [5.74, 6) is -1.77. The van der Waals surface area contributed by atoms with E-state index in [2.05, 4.69) is 0 Å². The molecule has 0 aliphatic rings.